The maximum Gasteiger partial charge on any atom is 0.237 e. The van der Waals surface area contributed by atoms with Gasteiger partial charge >= 0.3 is 0 Å². The standard InChI is InChI=1S/C19H22ClNO2S/c1-13-7-9-16(10-8-13)23-11-12-24-15(3)19(22)21-18-6-4-5-17(20)14(18)2/h4-10,15H,11-12H2,1-3H3,(H,21,22). The Morgan fingerprint density at radius 2 is 1.92 bits per heavy atom. The highest BCUT2D eigenvalue weighted by molar-refractivity contribution is 8.00. The summed E-state index contributed by atoms with van der Waals surface area (Å²) in [7, 11) is 0. The third-order valence-corrected chi connectivity index (χ3v) is 5.16. The van der Waals surface area contributed by atoms with Crippen LogP contribution in [-0.2, 0) is 4.79 Å². The molecule has 0 aromatic heterocycles. The summed E-state index contributed by atoms with van der Waals surface area (Å²) in [5.74, 6) is 1.57. The molecule has 0 fully saturated rings. The van der Waals surface area contributed by atoms with Crippen molar-refractivity contribution in [3.8, 4) is 5.75 Å². The summed E-state index contributed by atoms with van der Waals surface area (Å²) in [6.45, 7) is 6.40. The van der Waals surface area contributed by atoms with Crippen LogP contribution in [0.15, 0.2) is 42.5 Å². The van der Waals surface area contributed by atoms with Gasteiger partial charge in [-0.1, -0.05) is 35.4 Å². The Kier molecular flexibility index (Phi) is 7.00. The highest BCUT2D eigenvalue weighted by Gasteiger charge is 2.14. The molecule has 0 bridgehead atoms. The van der Waals surface area contributed by atoms with Crippen molar-refractivity contribution < 1.29 is 9.53 Å². The van der Waals surface area contributed by atoms with Crippen molar-refractivity contribution in [2.75, 3.05) is 17.7 Å². The molecular weight excluding hydrogens is 342 g/mol. The summed E-state index contributed by atoms with van der Waals surface area (Å²) in [4.78, 5) is 12.3. The second-order valence-corrected chi connectivity index (χ2v) is 7.43. The monoisotopic (exact) mass is 363 g/mol. The highest BCUT2D eigenvalue weighted by atomic mass is 35.5. The molecular formula is C19H22ClNO2S. The molecule has 0 saturated carbocycles. The number of halogens is 1. The molecule has 0 radical (unpaired) electrons. The molecule has 0 aliphatic rings. The Bertz CT molecular complexity index is 688. The quantitative estimate of drug-likeness (QED) is 0.696. The van der Waals surface area contributed by atoms with Gasteiger partial charge in [-0.3, -0.25) is 4.79 Å². The number of ether oxygens (including phenoxy) is 1. The first-order chi connectivity index (χ1) is 11.5. The van der Waals surface area contributed by atoms with E-state index in [1.54, 1.807) is 11.8 Å². The molecule has 3 nitrogen and oxygen atoms in total. The Labute approximate surface area is 152 Å². The maximum absolute atomic E-state index is 12.3. The van der Waals surface area contributed by atoms with Crippen LogP contribution in [-0.4, -0.2) is 23.5 Å². The van der Waals surface area contributed by atoms with E-state index in [4.69, 9.17) is 16.3 Å². The van der Waals surface area contributed by atoms with E-state index in [-0.39, 0.29) is 11.2 Å². The molecule has 128 valence electrons. The number of anilines is 1. The predicted molar refractivity (Wildman–Crippen MR) is 103 cm³/mol. The van der Waals surface area contributed by atoms with Crippen molar-refractivity contribution >= 4 is 35.0 Å². The first kappa shape index (κ1) is 18.7. The minimum Gasteiger partial charge on any atom is -0.493 e. The number of carbonyl (C=O) groups excluding carboxylic acids is 1. The molecule has 0 saturated heterocycles. The topological polar surface area (TPSA) is 38.3 Å². The molecule has 0 aliphatic heterocycles. The third-order valence-electron chi connectivity index (χ3n) is 3.64. The fraction of sp³-hybridized carbons (Fsp3) is 0.316. The van der Waals surface area contributed by atoms with Crippen LogP contribution < -0.4 is 10.1 Å². The maximum atomic E-state index is 12.3. The SMILES string of the molecule is Cc1ccc(OCCSC(C)C(=O)Nc2cccc(Cl)c2C)cc1. The molecule has 1 atom stereocenters. The molecule has 1 amide bonds. The number of benzene rings is 2. The van der Waals surface area contributed by atoms with Crippen molar-refractivity contribution in [1.82, 2.24) is 0 Å². The van der Waals surface area contributed by atoms with E-state index >= 15 is 0 Å². The van der Waals surface area contributed by atoms with Crippen molar-refractivity contribution in [1.29, 1.82) is 0 Å². The fourth-order valence-electron chi connectivity index (χ4n) is 2.07. The van der Waals surface area contributed by atoms with E-state index in [1.165, 1.54) is 5.56 Å². The lowest BCUT2D eigenvalue weighted by Gasteiger charge is -2.14. The summed E-state index contributed by atoms with van der Waals surface area (Å²) in [5.41, 5.74) is 2.85. The van der Waals surface area contributed by atoms with Gasteiger partial charge in [0, 0.05) is 16.5 Å². The van der Waals surface area contributed by atoms with Crippen LogP contribution in [0.25, 0.3) is 0 Å². The summed E-state index contributed by atoms with van der Waals surface area (Å²) in [6.07, 6.45) is 0. The fourth-order valence-corrected chi connectivity index (χ4v) is 2.99. The van der Waals surface area contributed by atoms with Gasteiger partial charge in [-0.2, -0.15) is 0 Å². The molecule has 1 unspecified atom stereocenters. The van der Waals surface area contributed by atoms with E-state index in [2.05, 4.69) is 5.32 Å². The van der Waals surface area contributed by atoms with Crippen LogP contribution in [0.3, 0.4) is 0 Å². The molecule has 0 aliphatic carbocycles. The number of carbonyl (C=O) groups is 1. The zero-order valence-electron chi connectivity index (χ0n) is 14.1. The molecule has 2 rings (SSSR count). The largest absolute Gasteiger partial charge is 0.493 e. The summed E-state index contributed by atoms with van der Waals surface area (Å²) in [6, 6.07) is 13.5. The normalized spacial score (nSPS) is 11.8. The lowest BCUT2D eigenvalue weighted by molar-refractivity contribution is -0.115. The molecule has 24 heavy (non-hydrogen) atoms. The van der Waals surface area contributed by atoms with Gasteiger partial charge in [0.25, 0.3) is 0 Å². The van der Waals surface area contributed by atoms with Gasteiger partial charge < -0.3 is 10.1 Å². The number of hydrogen-bond acceptors (Lipinski definition) is 3. The molecule has 5 heteroatoms. The Hall–Kier alpha value is -1.65. The Morgan fingerprint density at radius 1 is 1.21 bits per heavy atom. The second kappa shape index (κ2) is 9.00. The average Bonchev–Trinajstić information content (AvgIpc) is 2.57. The van der Waals surface area contributed by atoms with E-state index in [0.29, 0.717) is 11.6 Å². The van der Waals surface area contributed by atoms with Gasteiger partial charge in [0.2, 0.25) is 5.91 Å². The van der Waals surface area contributed by atoms with Gasteiger partial charge in [-0.25, -0.2) is 0 Å². The zero-order valence-corrected chi connectivity index (χ0v) is 15.7. The van der Waals surface area contributed by atoms with Crippen molar-refractivity contribution in [2.24, 2.45) is 0 Å². The van der Waals surface area contributed by atoms with Crippen molar-refractivity contribution in [3.05, 3.63) is 58.6 Å². The number of thioether (sulfide) groups is 1. The first-order valence-electron chi connectivity index (χ1n) is 7.84. The summed E-state index contributed by atoms with van der Waals surface area (Å²) >= 11 is 7.64. The van der Waals surface area contributed by atoms with Gasteiger partial charge in [0.15, 0.2) is 0 Å². The van der Waals surface area contributed by atoms with Gasteiger partial charge in [0.05, 0.1) is 11.9 Å². The lowest BCUT2D eigenvalue weighted by Crippen LogP contribution is -2.23. The number of hydrogen-bond donors (Lipinski definition) is 1. The zero-order chi connectivity index (χ0) is 17.5. The highest BCUT2D eigenvalue weighted by Crippen LogP contribution is 2.24. The van der Waals surface area contributed by atoms with Gasteiger partial charge in [0.1, 0.15) is 5.75 Å². The molecule has 0 heterocycles. The van der Waals surface area contributed by atoms with Crippen LogP contribution in [0.4, 0.5) is 5.69 Å². The molecule has 1 N–H and O–H groups in total. The van der Waals surface area contributed by atoms with Crippen LogP contribution in [0, 0.1) is 13.8 Å². The first-order valence-corrected chi connectivity index (χ1v) is 9.27. The number of nitrogens with one attached hydrogen (secondary N) is 1. The minimum absolute atomic E-state index is 0.0271. The van der Waals surface area contributed by atoms with E-state index < -0.39 is 0 Å². The molecule has 2 aromatic rings. The Balaban J connectivity index is 1.75. The van der Waals surface area contributed by atoms with Crippen molar-refractivity contribution in [2.45, 2.75) is 26.0 Å². The number of aryl methyl sites for hydroxylation is 1. The lowest BCUT2D eigenvalue weighted by atomic mass is 10.2. The molecule has 0 spiro atoms. The van der Waals surface area contributed by atoms with E-state index in [9.17, 15) is 4.79 Å². The second-order valence-electron chi connectivity index (χ2n) is 5.58. The van der Waals surface area contributed by atoms with Crippen LogP contribution in [0.2, 0.25) is 5.02 Å². The van der Waals surface area contributed by atoms with E-state index in [0.717, 1.165) is 22.8 Å². The van der Waals surface area contributed by atoms with Crippen LogP contribution >= 0.6 is 23.4 Å². The Morgan fingerprint density at radius 3 is 2.62 bits per heavy atom. The smallest absolute Gasteiger partial charge is 0.237 e. The van der Waals surface area contributed by atoms with Crippen LogP contribution in [0.1, 0.15) is 18.1 Å². The van der Waals surface area contributed by atoms with Crippen LogP contribution in [0.5, 0.6) is 5.75 Å². The van der Waals surface area contributed by atoms with Gasteiger partial charge in [-0.15, -0.1) is 11.8 Å². The van der Waals surface area contributed by atoms with E-state index in [1.807, 2.05) is 63.2 Å². The minimum atomic E-state index is -0.162. The average molecular weight is 364 g/mol. The number of amides is 1. The summed E-state index contributed by atoms with van der Waals surface area (Å²) < 4.78 is 5.67. The van der Waals surface area contributed by atoms with Crippen molar-refractivity contribution in [3.63, 3.8) is 0 Å². The number of rotatable bonds is 7. The van der Waals surface area contributed by atoms with Gasteiger partial charge in [-0.05, 0) is 50.6 Å². The third kappa shape index (κ3) is 5.46. The molecule has 2 aromatic carbocycles. The predicted octanol–water partition coefficient (Wildman–Crippen LogP) is 5.10. The summed E-state index contributed by atoms with van der Waals surface area (Å²) in [5, 5.41) is 3.42.